The fourth-order valence-electron chi connectivity index (χ4n) is 1.55. The molecule has 4 nitrogen and oxygen atoms in total. The molecule has 16 heavy (non-hydrogen) atoms. The van der Waals surface area contributed by atoms with Crippen molar-refractivity contribution in [1.82, 2.24) is 0 Å². The zero-order chi connectivity index (χ0) is 12.3. The average molecular weight is 221 g/mol. The zero-order valence-corrected chi connectivity index (χ0v) is 9.60. The maximum atomic E-state index is 11.6. The van der Waals surface area contributed by atoms with E-state index in [0.29, 0.717) is 5.56 Å². The van der Waals surface area contributed by atoms with Gasteiger partial charge in [-0.15, -0.1) is 0 Å². The lowest BCUT2D eigenvalue weighted by Crippen LogP contribution is -2.32. The molecule has 0 saturated heterocycles. The molecule has 0 atom stereocenters. The fraction of sp³-hybridized carbons (Fsp3) is 0.333. The monoisotopic (exact) mass is 221 g/mol. The largest absolute Gasteiger partial charge is 0.613 e. The van der Waals surface area contributed by atoms with Crippen LogP contribution < -0.4 is 0 Å². The van der Waals surface area contributed by atoms with E-state index in [1.165, 1.54) is 0 Å². The Morgan fingerprint density at radius 1 is 1.25 bits per heavy atom. The van der Waals surface area contributed by atoms with Crippen molar-refractivity contribution in [1.29, 1.82) is 0 Å². The number of hydrogen-bond donors (Lipinski definition) is 1. The van der Waals surface area contributed by atoms with E-state index in [1.807, 2.05) is 26.8 Å². The van der Waals surface area contributed by atoms with Crippen LogP contribution in [0.25, 0.3) is 0 Å². The van der Waals surface area contributed by atoms with Crippen LogP contribution in [0.5, 0.6) is 0 Å². The number of amides is 1. The fourth-order valence-corrected chi connectivity index (χ4v) is 1.55. The first-order valence-corrected chi connectivity index (χ1v) is 4.97. The normalized spacial score (nSPS) is 13.2. The predicted molar refractivity (Wildman–Crippen MR) is 61.7 cm³/mol. The molecule has 4 heteroatoms. The molecule has 0 unspecified atom stereocenters. The number of benzene rings is 1. The predicted octanol–water partition coefficient (Wildman–Crippen LogP) is 2.71. The van der Waals surface area contributed by atoms with E-state index in [2.05, 4.69) is 0 Å². The second kappa shape index (κ2) is 4.35. The van der Waals surface area contributed by atoms with Gasteiger partial charge >= 0.3 is 6.09 Å². The van der Waals surface area contributed by atoms with Crippen LogP contribution in [0.1, 0.15) is 26.3 Å². The number of nitrogens with zero attached hydrogens (tertiary/aromatic N) is 1. The van der Waals surface area contributed by atoms with Gasteiger partial charge in [-0.25, -0.2) is 0 Å². The van der Waals surface area contributed by atoms with Gasteiger partial charge in [-0.2, -0.15) is 4.79 Å². The molecule has 0 radical (unpaired) electrons. The highest BCUT2D eigenvalue weighted by Crippen LogP contribution is 2.21. The zero-order valence-electron chi connectivity index (χ0n) is 9.60. The first kappa shape index (κ1) is 12.2. The van der Waals surface area contributed by atoms with Crippen molar-refractivity contribution >= 4 is 11.8 Å². The van der Waals surface area contributed by atoms with Crippen LogP contribution >= 0.6 is 0 Å². The summed E-state index contributed by atoms with van der Waals surface area (Å²) in [4.78, 5) is 10.8. The molecule has 0 aliphatic heterocycles. The molecular formula is C12H15NO3. The van der Waals surface area contributed by atoms with Gasteiger partial charge in [0.25, 0.3) is 0 Å². The van der Waals surface area contributed by atoms with E-state index in [0.717, 1.165) is 0 Å². The Morgan fingerprint density at radius 2 is 1.75 bits per heavy atom. The average Bonchev–Trinajstić information content (AvgIpc) is 2.17. The first-order valence-electron chi connectivity index (χ1n) is 4.97. The van der Waals surface area contributed by atoms with E-state index in [4.69, 9.17) is 5.11 Å². The van der Waals surface area contributed by atoms with Crippen LogP contribution in [0.15, 0.2) is 30.3 Å². The Morgan fingerprint density at radius 3 is 2.12 bits per heavy atom. The summed E-state index contributed by atoms with van der Waals surface area (Å²) in [5.41, 5.74) is 0.356. The molecule has 0 aliphatic carbocycles. The third kappa shape index (κ3) is 2.59. The van der Waals surface area contributed by atoms with Crippen molar-refractivity contribution < 1.29 is 14.6 Å². The third-order valence-corrected chi connectivity index (χ3v) is 2.13. The maximum Gasteiger partial charge on any atom is 0.606 e. The second-order valence-corrected chi connectivity index (χ2v) is 4.54. The van der Waals surface area contributed by atoms with Gasteiger partial charge in [0.2, 0.25) is 5.71 Å². The van der Waals surface area contributed by atoms with Gasteiger partial charge in [-0.1, -0.05) is 43.7 Å². The molecule has 0 heterocycles. The Bertz CT molecular complexity index is 416. The number of hydrogen-bond acceptors (Lipinski definition) is 2. The Labute approximate surface area is 94.4 Å². The van der Waals surface area contributed by atoms with Crippen molar-refractivity contribution in [2.24, 2.45) is 5.41 Å². The van der Waals surface area contributed by atoms with Gasteiger partial charge in [0.05, 0.1) is 0 Å². The summed E-state index contributed by atoms with van der Waals surface area (Å²) >= 11 is 0. The molecule has 86 valence electrons. The van der Waals surface area contributed by atoms with Crippen LogP contribution in [-0.2, 0) is 0 Å². The summed E-state index contributed by atoms with van der Waals surface area (Å²) < 4.78 is 0.0370. The van der Waals surface area contributed by atoms with Crippen LogP contribution in [0.2, 0.25) is 0 Å². The smallest absolute Gasteiger partial charge is 0.606 e. The van der Waals surface area contributed by atoms with Crippen LogP contribution in [0, 0.1) is 10.6 Å². The highest BCUT2D eigenvalue weighted by Gasteiger charge is 2.31. The van der Waals surface area contributed by atoms with E-state index in [1.54, 1.807) is 24.3 Å². The summed E-state index contributed by atoms with van der Waals surface area (Å²) in [5, 5.41) is 20.3. The summed E-state index contributed by atoms with van der Waals surface area (Å²) in [6, 6.07) is 8.83. The van der Waals surface area contributed by atoms with Crippen molar-refractivity contribution in [3.63, 3.8) is 0 Å². The van der Waals surface area contributed by atoms with Gasteiger partial charge in [0.1, 0.15) is 0 Å². The highest BCUT2D eigenvalue weighted by atomic mass is 16.5. The Balaban J connectivity index is 3.40. The molecule has 1 rings (SSSR count). The van der Waals surface area contributed by atoms with E-state index in [9.17, 15) is 10.0 Å². The first-order chi connectivity index (χ1) is 7.34. The molecule has 0 fully saturated rings. The standard InChI is InChI=1S/C12H15NO3/c1-12(2,3)10(13(16)11(14)15)9-7-5-4-6-8-9/h4-8H,1-3H3,(H,14,15). The molecule has 0 bridgehead atoms. The topological polar surface area (TPSA) is 63.4 Å². The van der Waals surface area contributed by atoms with Gasteiger partial charge in [0, 0.05) is 11.0 Å². The van der Waals surface area contributed by atoms with Crippen molar-refractivity contribution in [3.05, 3.63) is 41.1 Å². The molecule has 0 spiro atoms. The second-order valence-electron chi connectivity index (χ2n) is 4.54. The van der Waals surface area contributed by atoms with Gasteiger partial charge in [-0.3, -0.25) is 0 Å². The number of hydroxylamine groups is 1. The van der Waals surface area contributed by atoms with E-state index < -0.39 is 11.5 Å². The molecular weight excluding hydrogens is 206 g/mol. The highest BCUT2D eigenvalue weighted by molar-refractivity contribution is 6.02. The lowest BCUT2D eigenvalue weighted by molar-refractivity contribution is -0.373. The number of carbonyl (C=O) groups is 1. The summed E-state index contributed by atoms with van der Waals surface area (Å²) in [6.07, 6.45) is -1.49. The van der Waals surface area contributed by atoms with Gasteiger partial charge < -0.3 is 10.3 Å². The maximum absolute atomic E-state index is 11.6. The lowest BCUT2D eigenvalue weighted by Gasteiger charge is -2.19. The van der Waals surface area contributed by atoms with Gasteiger partial charge in [0.15, 0.2) is 0 Å². The summed E-state index contributed by atoms with van der Waals surface area (Å²) in [7, 11) is 0. The minimum absolute atomic E-state index is 0.0370. The molecule has 1 aromatic carbocycles. The lowest BCUT2D eigenvalue weighted by atomic mass is 9.85. The van der Waals surface area contributed by atoms with Crippen LogP contribution in [0.3, 0.4) is 0 Å². The SMILES string of the molecule is CC(C)(C)C(c1ccccc1)=[N+]([O-])C(=O)O. The molecule has 0 aromatic heterocycles. The molecule has 1 amide bonds. The molecule has 1 N–H and O–H groups in total. The van der Waals surface area contributed by atoms with E-state index >= 15 is 0 Å². The third-order valence-electron chi connectivity index (χ3n) is 2.13. The number of rotatable bonds is 1. The Hall–Kier alpha value is -1.84. The summed E-state index contributed by atoms with van der Waals surface area (Å²) in [5.74, 6) is 0. The van der Waals surface area contributed by atoms with Gasteiger partial charge in [-0.05, 0) is 12.1 Å². The summed E-state index contributed by atoms with van der Waals surface area (Å²) in [6.45, 7) is 5.43. The molecule has 1 aromatic rings. The molecule has 0 aliphatic rings. The number of carboxylic acid groups (broad SMARTS) is 1. The van der Waals surface area contributed by atoms with Crippen molar-refractivity contribution in [3.8, 4) is 0 Å². The quantitative estimate of drug-likeness (QED) is 0.343. The van der Waals surface area contributed by atoms with Crippen LogP contribution in [0.4, 0.5) is 4.79 Å². The van der Waals surface area contributed by atoms with Crippen molar-refractivity contribution in [2.75, 3.05) is 0 Å². The molecule has 0 saturated carbocycles. The Kier molecular flexibility index (Phi) is 3.32. The minimum Gasteiger partial charge on any atom is -0.613 e. The minimum atomic E-state index is -1.49. The van der Waals surface area contributed by atoms with Crippen LogP contribution in [-0.4, -0.2) is 21.7 Å². The van der Waals surface area contributed by atoms with E-state index in [-0.39, 0.29) is 10.5 Å². The van der Waals surface area contributed by atoms with Crippen molar-refractivity contribution in [2.45, 2.75) is 20.8 Å².